The summed E-state index contributed by atoms with van der Waals surface area (Å²) in [5, 5.41) is 0. The highest BCUT2D eigenvalue weighted by Gasteiger charge is 2.43. The van der Waals surface area contributed by atoms with Gasteiger partial charge >= 0.3 is 18.2 Å². The van der Waals surface area contributed by atoms with Crippen LogP contribution in [-0.4, -0.2) is 83.4 Å². The minimum absolute atomic E-state index is 0.0969. The molecule has 1 aromatic carbocycles. The van der Waals surface area contributed by atoms with Crippen molar-refractivity contribution in [1.29, 1.82) is 0 Å². The molecule has 0 radical (unpaired) electrons. The second-order valence-electron chi connectivity index (χ2n) is 13.3. The topological polar surface area (TPSA) is 156 Å². The van der Waals surface area contributed by atoms with E-state index in [1.165, 1.54) is 0 Å². The Morgan fingerprint density at radius 2 is 1.39 bits per heavy atom. The number of unbranched alkanes of at least 4 members (excludes halogenated alkanes) is 3. The zero-order valence-electron chi connectivity index (χ0n) is 32.4. The Morgan fingerprint density at radius 1 is 0.857 bits per heavy atom. The number of ether oxygens (including phenoxy) is 4. The number of amides is 1. The number of hydrogen-bond acceptors (Lipinski definition) is 11. The third-order valence-corrected chi connectivity index (χ3v) is 8.77. The zero-order valence-corrected chi connectivity index (χ0v) is 32.4. The summed E-state index contributed by atoms with van der Waals surface area (Å²) in [6.45, 7) is 6.44. The molecule has 1 saturated carbocycles. The van der Waals surface area contributed by atoms with Gasteiger partial charge in [0.15, 0.2) is 11.5 Å². The highest BCUT2D eigenvalue weighted by atomic mass is 19.4. The fourth-order valence-corrected chi connectivity index (χ4v) is 5.82. The van der Waals surface area contributed by atoms with E-state index < -0.39 is 71.8 Å². The summed E-state index contributed by atoms with van der Waals surface area (Å²) >= 11 is 0. The van der Waals surface area contributed by atoms with Gasteiger partial charge in [0, 0.05) is 18.8 Å². The molecule has 0 atom stereocenters. The van der Waals surface area contributed by atoms with Crippen molar-refractivity contribution in [2.45, 2.75) is 111 Å². The van der Waals surface area contributed by atoms with E-state index in [2.05, 4.69) is 15.0 Å². The number of rotatable bonds is 22. The summed E-state index contributed by atoms with van der Waals surface area (Å²) in [5.74, 6) is -5.75. The van der Waals surface area contributed by atoms with Gasteiger partial charge < -0.3 is 29.6 Å². The molecule has 1 aliphatic carbocycles. The molecule has 1 aliphatic rings. The quantitative estimate of drug-likeness (QED) is 0.0317. The molecule has 310 valence electrons. The second-order valence-corrected chi connectivity index (χ2v) is 13.3. The molecule has 0 spiro atoms. The molecule has 0 saturated heterocycles. The Bertz CT molecular complexity index is 1630. The molecule has 0 aliphatic heterocycles. The van der Waals surface area contributed by atoms with E-state index in [9.17, 15) is 36.3 Å². The minimum Gasteiger partial charge on any atom is -0.477 e. The normalized spacial score (nSPS) is 16.3. The van der Waals surface area contributed by atoms with Crippen molar-refractivity contribution in [2.24, 2.45) is 16.6 Å². The lowest BCUT2D eigenvalue weighted by Crippen LogP contribution is -2.41. The van der Waals surface area contributed by atoms with Crippen LogP contribution in [0.25, 0.3) is 0 Å². The molecule has 56 heavy (non-hydrogen) atoms. The maximum Gasteiger partial charge on any atom is 0.433 e. The first-order valence-electron chi connectivity index (χ1n) is 19.1. The first-order chi connectivity index (χ1) is 26.8. The highest BCUT2D eigenvalue weighted by molar-refractivity contribution is 6.24. The molecular formula is C39H52F5N5O7. The van der Waals surface area contributed by atoms with Gasteiger partial charge in [-0.25, -0.2) is 8.78 Å². The molecule has 1 heterocycles. The van der Waals surface area contributed by atoms with Crippen molar-refractivity contribution in [3.05, 3.63) is 52.7 Å². The van der Waals surface area contributed by atoms with Gasteiger partial charge in [-0.05, 0) is 69.6 Å². The summed E-state index contributed by atoms with van der Waals surface area (Å²) in [4.78, 5) is 54.0. The fourth-order valence-electron chi connectivity index (χ4n) is 5.82. The molecule has 1 aromatic heterocycles. The van der Waals surface area contributed by atoms with Crippen LogP contribution in [0.1, 0.15) is 108 Å². The van der Waals surface area contributed by atoms with Gasteiger partial charge in [-0.2, -0.15) is 23.1 Å². The molecule has 2 aromatic rings. The van der Waals surface area contributed by atoms with Crippen LogP contribution in [0.5, 0.6) is 17.8 Å². The van der Waals surface area contributed by atoms with Crippen LogP contribution in [0, 0.1) is 17.6 Å². The lowest BCUT2D eigenvalue weighted by molar-refractivity contribution is -0.149. The number of nitrogens with zero attached hydrogens (tertiary/aromatic N) is 4. The molecule has 0 bridgehead atoms. The number of carbonyl (C=O) groups excluding carboxylic acids is 3. The molecule has 0 unspecified atom stereocenters. The molecular weight excluding hydrogens is 745 g/mol. The first-order valence-corrected chi connectivity index (χ1v) is 19.1. The van der Waals surface area contributed by atoms with E-state index in [-0.39, 0.29) is 81.0 Å². The number of hydrogen-bond donors (Lipinski definition) is 1. The number of benzene rings is 1. The van der Waals surface area contributed by atoms with Gasteiger partial charge in [-0.1, -0.05) is 40.0 Å². The van der Waals surface area contributed by atoms with E-state index in [0.29, 0.717) is 36.4 Å². The van der Waals surface area contributed by atoms with Crippen LogP contribution >= 0.6 is 0 Å². The number of nitrogens with two attached hydrogens (primary N) is 1. The average molecular weight is 798 g/mol. The highest BCUT2D eigenvalue weighted by Crippen LogP contribution is 2.33. The minimum atomic E-state index is -5.19. The van der Waals surface area contributed by atoms with Crippen molar-refractivity contribution in [3.63, 3.8) is 0 Å². The maximum atomic E-state index is 14.8. The van der Waals surface area contributed by atoms with Gasteiger partial charge in [0.05, 0.1) is 50.5 Å². The second kappa shape index (κ2) is 22.7. The van der Waals surface area contributed by atoms with E-state index in [1.54, 1.807) is 6.92 Å². The van der Waals surface area contributed by atoms with Crippen LogP contribution in [0.4, 0.5) is 22.0 Å². The van der Waals surface area contributed by atoms with Crippen LogP contribution in [-0.2, 0) is 20.9 Å². The van der Waals surface area contributed by atoms with Gasteiger partial charge in [0.2, 0.25) is 11.8 Å². The average Bonchev–Trinajstić information content (AvgIpc) is 3.14. The molecule has 12 nitrogen and oxygen atoms in total. The number of carbonyl (C=O) groups is 3. The number of halogens is 5. The zero-order chi connectivity index (χ0) is 41.3. The van der Waals surface area contributed by atoms with Crippen LogP contribution in [0.15, 0.2) is 35.0 Å². The van der Waals surface area contributed by atoms with Gasteiger partial charge in [0.1, 0.15) is 17.2 Å². The maximum absolute atomic E-state index is 14.8. The summed E-state index contributed by atoms with van der Waals surface area (Å²) < 4.78 is 95.5. The summed E-state index contributed by atoms with van der Waals surface area (Å²) in [6, 6.07) is 1.29. The number of alkyl halides is 3. The third kappa shape index (κ3) is 13.7. The standard InChI is InChI=1S/C39H52F5N5O7/c1-5-9-16-54-34-32(35(55-17-10-6-2)48-38(47-34)56-18-11-7-3)31(50)24-49(23-25-19-27(40)21-28(41)20-25)36(51)30(22-45)33(39(42,43)44)46-29-14-12-26(13-15-29)37(52)53-8-4/h19-22,26,29H,5-18,23-24,45H2,1-4H3. The number of Topliss-reactive ketones (excluding diaryl/α,β-unsaturated/α-hetero) is 1. The molecule has 1 amide bonds. The Hall–Kier alpha value is -4.83. The molecule has 3 rings (SSSR count). The predicted molar refractivity (Wildman–Crippen MR) is 197 cm³/mol. The lowest BCUT2D eigenvalue weighted by atomic mass is 9.86. The first kappa shape index (κ1) is 45.6. The van der Waals surface area contributed by atoms with Crippen molar-refractivity contribution in [1.82, 2.24) is 14.9 Å². The van der Waals surface area contributed by atoms with Crippen molar-refractivity contribution < 1.29 is 55.3 Å². The van der Waals surface area contributed by atoms with Crippen molar-refractivity contribution in [3.8, 4) is 17.8 Å². The number of esters is 1. The Labute approximate surface area is 324 Å². The van der Waals surface area contributed by atoms with E-state index in [0.717, 1.165) is 31.4 Å². The Kier molecular flexibility index (Phi) is 18.4. The van der Waals surface area contributed by atoms with Crippen LogP contribution in [0.3, 0.4) is 0 Å². The lowest BCUT2D eigenvalue weighted by Gasteiger charge is -2.28. The molecule has 1 fully saturated rings. The van der Waals surface area contributed by atoms with E-state index in [4.69, 9.17) is 24.7 Å². The van der Waals surface area contributed by atoms with Gasteiger partial charge in [0.25, 0.3) is 5.91 Å². The van der Waals surface area contributed by atoms with Crippen molar-refractivity contribution in [2.75, 3.05) is 33.0 Å². The third-order valence-electron chi connectivity index (χ3n) is 8.77. The molecule has 2 N–H and O–H groups in total. The predicted octanol–water partition coefficient (Wildman–Crippen LogP) is 7.47. The van der Waals surface area contributed by atoms with E-state index >= 15 is 0 Å². The monoisotopic (exact) mass is 797 g/mol. The number of aromatic nitrogens is 2. The SMILES string of the molecule is CCCCOc1nc(OCCCC)c(C(=O)CN(Cc2cc(F)cc(F)c2)C(=O)C(=CN)C(=NC2CCC(C(=O)OCC)CC2)C(F)(F)F)c(OCCCC)n1. The fraction of sp³-hybridized carbons (Fsp3) is 0.590. The van der Waals surface area contributed by atoms with Crippen LogP contribution in [0.2, 0.25) is 0 Å². The van der Waals surface area contributed by atoms with Crippen LogP contribution < -0.4 is 19.9 Å². The van der Waals surface area contributed by atoms with Crippen molar-refractivity contribution >= 4 is 23.4 Å². The number of aliphatic imine (C=N–C) groups is 1. The summed E-state index contributed by atoms with van der Waals surface area (Å²) in [7, 11) is 0. The van der Waals surface area contributed by atoms with Gasteiger partial charge in [-0.15, -0.1) is 0 Å². The van der Waals surface area contributed by atoms with E-state index in [1.807, 2.05) is 20.8 Å². The smallest absolute Gasteiger partial charge is 0.433 e. The van der Waals surface area contributed by atoms with Gasteiger partial charge in [-0.3, -0.25) is 19.4 Å². The Morgan fingerprint density at radius 3 is 1.88 bits per heavy atom. The largest absolute Gasteiger partial charge is 0.477 e. The number of ketones is 1. The summed E-state index contributed by atoms with van der Waals surface area (Å²) in [6.07, 6.45) is -0.0470. The summed E-state index contributed by atoms with van der Waals surface area (Å²) in [5.41, 5.74) is 2.55. The molecule has 17 heteroatoms. The Balaban J connectivity index is 2.10.